The molecule has 3 rings (SSSR count). The number of H-pyrrole nitrogens is 1. The summed E-state index contributed by atoms with van der Waals surface area (Å²) >= 11 is 5.96. The Morgan fingerprint density at radius 3 is 2.83 bits per heavy atom. The topological polar surface area (TPSA) is 37.9 Å². The summed E-state index contributed by atoms with van der Waals surface area (Å²) in [4.78, 5) is 7.79. The lowest BCUT2D eigenvalue weighted by Crippen LogP contribution is -1.88. The maximum atomic E-state index is 5.96. The van der Waals surface area contributed by atoms with E-state index in [4.69, 9.17) is 16.3 Å². The molecule has 0 atom stereocenters. The van der Waals surface area contributed by atoms with E-state index >= 15 is 0 Å². The van der Waals surface area contributed by atoms with Crippen molar-refractivity contribution >= 4 is 22.6 Å². The first kappa shape index (κ1) is 11.1. The van der Waals surface area contributed by atoms with Gasteiger partial charge in [0.1, 0.15) is 11.6 Å². The van der Waals surface area contributed by atoms with Crippen molar-refractivity contribution < 1.29 is 4.74 Å². The van der Waals surface area contributed by atoms with Gasteiger partial charge in [-0.25, -0.2) is 4.98 Å². The lowest BCUT2D eigenvalue weighted by atomic mass is 10.2. The summed E-state index contributed by atoms with van der Waals surface area (Å²) < 4.78 is 5.33. The molecule has 0 aliphatic heterocycles. The number of hydrogen-bond acceptors (Lipinski definition) is 2. The number of hydrogen-bond donors (Lipinski definition) is 1. The molecule has 0 amide bonds. The molecule has 0 unspecified atom stereocenters. The summed E-state index contributed by atoms with van der Waals surface area (Å²) in [6.45, 7) is 0. The minimum atomic E-state index is 0.692. The number of para-hydroxylation sites is 1. The van der Waals surface area contributed by atoms with Gasteiger partial charge in [0.05, 0.1) is 23.7 Å². The summed E-state index contributed by atoms with van der Waals surface area (Å²) in [5, 5.41) is 0.692. The Balaban J connectivity index is 2.19. The van der Waals surface area contributed by atoms with Gasteiger partial charge >= 0.3 is 0 Å². The molecule has 4 heteroatoms. The fourth-order valence-electron chi connectivity index (χ4n) is 1.95. The number of imidazole rings is 1. The fraction of sp³-hybridized carbons (Fsp3) is 0.0714. The first-order chi connectivity index (χ1) is 8.78. The molecule has 0 aliphatic rings. The van der Waals surface area contributed by atoms with E-state index in [1.165, 1.54) is 0 Å². The van der Waals surface area contributed by atoms with E-state index < -0.39 is 0 Å². The van der Waals surface area contributed by atoms with Crippen LogP contribution in [0.1, 0.15) is 0 Å². The molecule has 1 aromatic heterocycles. The van der Waals surface area contributed by atoms with Crippen molar-refractivity contribution in [3.05, 3.63) is 47.5 Å². The number of halogens is 1. The van der Waals surface area contributed by atoms with Crippen LogP contribution in [0.25, 0.3) is 22.4 Å². The number of aromatic amines is 1. The number of methoxy groups -OCH3 is 1. The molecule has 90 valence electrons. The molecule has 0 saturated carbocycles. The fourth-order valence-corrected chi connectivity index (χ4v) is 2.12. The maximum Gasteiger partial charge on any atom is 0.142 e. The average Bonchev–Trinajstić information content (AvgIpc) is 2.81. The Kier molecular flexibility index (Phi) is 2.68. The Labute approximate surface area is 109 Å². The Morgan fingerprint density at radius 1 is 1.17 bits per heavy atom. The molecule has 0 fully saturated rings. The number of benzene rings is 2. The van der Waals surface area contributed by atoms with Crippen molar-refractivity contribution in [3.63, 3.8) is 0 Å². The predicted octanol–water partition coefficient (Wildman–Crippen LogP) is 3.89. The summed E-state index contributed by atoms with van der Waals surface area (Å²) in [7, 11) is 1.65. The second-order valence-corrected chi connectivity index (χ2v) is 4.38. The highest BCUT2D eigenvalue weighted by molar-refractivity contribution is 6.31. The van der Waals surface area contributed by atoms with Crippen LogP contribution in [0.4, 0.5) is 0 Å². The van der Waals surface area contributed by atoms with E-state index in [2.05, 4.69) is 9.97 Å². The van der Waals surface area contributed by atoms with Gasteiger partial charge in [0.2, 0.25) is 0 Å². The molecule has 3 nitrogen and oxygen atoms in total. The molecule has 0 aliphatic carbocycles. The molecule has 1 N–H and O–H groups in total. The second-order valence-electron chi connectivity index (χ2n) is 3.95. The van der Waals surface area contributed by atoms with Crippen LogP contribution in [-0.4, -0.2) is 17.1 Å². The van der Waals surface area contributed by atoms with Gasteiger partial charge in [-0.3, -0.25) is 0 Å². The smallest absolute Gasteiger partial charge is 0.142 e. The van der Waals surface area contributed by atoms with Crippen LogP contribution in [0, 0.1) is 0 Å². The van der Waals surface area contributed by atoms with Gasteiger partial charge in [0.15, 0.2) is 0 Å². The van der Waals surface area contributed by atoms with Gasteiger partial charge in [-0.2, -0.15) is 0 Å². The number of rotatable bonds is 2. The van der Waals surface area contributed by atoms with Crippen molar-refractivity contribution in [3.8, 4) is 17.1 Å². The zero-order chi connectivity index (χ0) is 12.5. The third kappa shape index (κ3) is 1.83. The summed E-state index contributed by atoms with van der Waals surface area (Å²) in [5.41, 5.74) is 2.75. The monoisotopic (exact) mass is 258 g/mol. The van der Waals surface area contributed by atoms with Crippen molar-refractivity contribution in [2.75, 3.05) is 7.11 Å². The first-order valence-corrected chi connectivity index (χ1v) is 5.94. The van der Waals surface area contributed by atoms with E-state index in [9.17, 15) is 0 Å². The largest absolute Gasteiger partial charge is 0.496 e. The standard InChI is InChI=1S/C14H11ClN2O/c1-18-13-5-3-2-4-10(13)14-16-11-7-6-9(15)8-12(11)17-14/h2-8H,1H3,(H,16,17). The quantitative estimate of drug-likeness (QED) is 0.757. The minimum Gasteiger partial charge on any atom is -0.496 e. The maximum absolute atomic E-state index is 5.96. The molecular weight excluding hydrogens is 248 g/mol. The first-order valence-electron chi connectivity index (χ1n) is 5.56. The SMILES string of the molecule is COc1ccccc1-c1nc2ccc(Cl)cc2[nH]1. The lowest BCUT2D eigenvalue weighted by Gasteiger charge is -2.04. The van der Waals surface area contributed by atoms with Gasteiger partial charge in [0.25, 0.3) is 0 Å². The Hall–Kier alpha value is -2.00. The highest BCUT2D eigenvalue weighted by Gasteiger charge is 2.09. The van der Waals surface area contributed by atoms with Crippen LogP contribution >= 0.6 is 11.6 Å². The van der Waals surface area contributed by atoms with Gasteiger partial charge in [0, 0.05) is 5.02 Å². The zero-order valence-electron chi connectivity index (χ0n) is 9.77. The van der Waals surface area contributed by atoms with Crippen LogP contribution in [0.2, 0.25) is 5.02 Å². The van der Waals surface area contributed by atoms with Crippen LogP contribution < -0.4 is 4.74 Å². The lowest BCUT2D eigenvalue weighted by molar-refractivity contribution is 0.416. The molecule has 0 saturated heterocycles. The zero-order valence-corrected chi connectivity index (χ0v) is 10.5. The van der Waals surface area contributed by atoms with E-state index in [-0.39, 0.29) is 0 Å². The number of nitrogens with one attached hydrogen (secondary N) is 1. The van der Waals surface area contributed by atoms with Crippen LogP contribution in [0.5, 0.6) is 5.75 Å². The highest BCUT2D eigenvalue weighted by Crippen LogP contribution is 2.29. The molecule has 2 aromatic carbocycles. The minimum absolute atomic E-state index is 0.692. The normalized spacial score (nSPS) is 10.8. The molecule has 3 aromatic rings. The average molecular weight is 259 g/mol. The number of fused-ring (bicyclic) bond motifs is 1. The van der Waals surface area contributed by atoms with Crippen LogP contribution in [0.3, 0.4) is 0 Å². The second kappa shape index (κ2) is 4.35. The van der Waals surface area contributed by atoms with Crippen molar-refractivity contribution in [1.82, 2.24) is 9.97 Å². The molecule has 1 heterocycles. The molecule has 0 spiro atoms. The van der Waals surface area contributed by atoms with Gasteiger partial charge in [-0.05, 0) is 30.3 Å². The van der Waals surface area contributed by atoms with Gasteiger partial charge in [-0.15, -0.1) is 0 Å². The van der Waals surface area contributed by atoms with Crippen molar-refractivity contribution in [1.29, 1.82) is 0 Å². The molecular formula is C14H11ClN2O. The summed E-state index contributed by atoms with van der Waals surface area (Å²) in [6.07, 6.45) is 0. The van der Waals surface area contributed by atoms with E-state index in [1.54, 1.807) is 7.11 Å². The molecule has 0 radical (unpaired) electrons. The number of ether oxygens (including phenoxy) is 1. The third-order valence-electron chi connectivity index (χ3n) is 2.81. The summed E-state index contributed by atoms with van der Waals surface area (Å²) in [5.74, 6) is 1.58. The van der Waals surface area contributed by atoms with Crippen molar-refractivity contribution in [2.45, 2.75) is 0 Å². The Bertz CT molecular complexity index is 706. The van der Waals surface area contributed by atoms with Gasteiger partial charge in [-0.1, -0.05) is 23.7 Å². The molecule has 18 heavy (non-hydrogen) atoms. The predicted molar refractivity (Wildman–Crippen MR) is 73.1 cm³/mol. The summed E-state index contributed by atoms with van der Waals surface area (Å²) in [6, 6.07) is 13.4. The van der Waals surface area contributed by atoms with Gasteiger partial charge < -0.3 is 9.72 Å². The van der Waals surface area contributed by atoms with Crippen molar-refractivity contribution in [2.24, 2.45) is 0 Å². The number of aromatic nitrogens is 2. The van der Waals surface area contributed by atoms with Crippen LogP contribution in [-0.2, 0) is 0 Å². The van der Waals surface area contributed by atoms with Crippen LogP contribution in [0.15, 0.2) is 42.5 Å². The van der Waals surface area contributed by atoms with E-state index in [1.807, 2.05) is 42.5 Å². The third-order valence-corrected chi connectivity index (χ3v) is 3.04. The highest BCUT2D eigenvalue weighted by atomic mass is 35.5. The Morgan fingerprint density at radius 2 is 2.00 bits per heavy atom. The van der Waals surface area contributed by atoms with E-state index in [0.717, 1.165) is 28.2 Å². The number of nitrogens with zero attached hydrogens (tertiary/aromatic N) is 1. The van der Waals surface area contributed by atoms with E-state index in [0.29, 0.717) is 5.02 Å². The molecule has 0 bridgehead atoms.